The highest BCUT2D eigenvalue weighted by atomic mass is 19.1. The number of halogens is 1. The summed E-state index contributed by atoms with van der Waals surface area (Å²) in [6.07, 6.45) is 0. The van der Waals surface area contributed by atoms with Crippen molar-refractivity contribution in [2.24, 2.45) is 5.73 Å². The number of hydrogen-bond acceptors (Lipinski definition) is 8. The van der Waals surface area contributed by atoms with Crippen molar-refractivity contribution in [2.75, 3.05) is 20.3 Å². The number of carbonyl (C=O) groups excluding carboxylic acids is 1. The lowest BCUT2D eigenvalue weighted by Gasteiger charge is -2.29. The molecule has 4 aromatic carbocycles. The first-order valence-electron chi connectivity index (χ1n) is 13.2. The van der Waals surface area contributed by atoms with Crippen LogP contribution in [-0.4, -0.2) is 57.4 Å². The fourth-order valence-corrected chi connectivity index (χ4v) is 4.87. The number of aliphatic hydroxyl groups is 2. The lowest BCUT2D eigenvalue weighted by molar-refractivity contribution is -0.151. The Kier molecular flexibility index (Phi) is 8.11. The van der Waals surface area contributed by atoms with E-state index >= 15 is 0 Å². The first-order valence-corrected chi connectivity index (χ1v) is 13.2. The topological polar surface area (TPSA) is 175 Å². The molecule has 10 nitrogen and oxygen atoms in total. The summed E-state index contributed by atoms with van der Waals surface area (Å²) in [4.78, 5) is 20.9. The number of nitrogens with zero attached hydrogens (tertiary/aromatic N) is 1. The van der Waals surface area contributed by atoms with Gasteiger partial charge >= 0.3 is 5.97 Å². The van der Waals surface area contributed by atoms with Crippen molar-refractivity contribution in [3.8, 4) is 34.0 Å². The lowest BCUT2D eigenvalue weighted by Crippen LogP contribution is -2.44. The van der Waals surface area contributed by atoms with Gasteiger partial charge in [0.1, 0.15) is 41.0 Å². The van der Waals surface area contributed by atoms with Crippen molar-refractivity contribution < 1.29 is 34.0 Å². The molecule has 0 radical (unpaired) electrons. The zero-order chi connectivity index (χ0) is 30.7. The van der Waals surface area contributed by atoms with E-state index in [1.807, 2.05) is 30.3 Å². The maximum absolute atomic E-state index is 14.6. The van der Waals surface area contributed by atoms with Crippen molar-refractivity contribution in [3.05, 3.63) is 101 Å². The largest absolute Gasteiger partial charge is 0.507 e. The van der Waals surface area contributed by atoms with Crippen LogP contribution >= 0.6 is 0 Å². The number of phenolic OH excluding ortho intramolecular Hbond substituents is 1. The second kappa shape index (κ2) is 11.9. The predicted octanol–water partition coefficient (Wildman–Crippen LogP) is 4.00. The van der Waals surface area contributed by atoms with Gasteiger partial charge < -0.3 is 35.5 Å². The number of phenols is 1. The molecule has 0 amide bonds. The molecule has 43 heavy (non-hydrogen) atoms. The van der Waals surface area contributed by atoms with Crippen LogP contribution in [0.3, 0.4) is 0 Å². The molecule has 0 saturated carbocycles. The Morgan fingerprint density at radius 2 is 1.72 bits per heavy atom. The molecule has 0 aliphatic carbocycles. The molecule has 1 aromatic heterocycles. The number of methoxy groups -OCH3 is 1. The van der Waals surface area contributed by atoms with Crippen LogP contribution < -0.4 is 10.5 Å². The third-order valence-electron chi connectivity index (χ3n) is 7.28. The fourth-order valence-electron chi connectivity index (χ4n) is 4.87. The van der Waals surface area contributed by atoms with Gasteiger partial charge in [0.2, 0.25) is 0 Å². The zero-order valence-corrected chi connectivity index (χ0v) is 23.1. The van der Waals surface area contributed by atoms with Crippen molar-refractivity contribution in [3.63, 3.8) is 0 Å². The number of esters is 1. The third-order valence-corrected chi connectivity index (χ3v) is 7.28. The molecule has 7 N–H and O–H groups in total. The minimum Gasteiger partial charge on any atom is -0.507 e. The van der Waals surface area contributed by atoms with Gasteiger partial charge in [0.25, 0.3) is 0 Å². The number of nitrogens with two attached hydrogens (primary N) is 1. The number of amidine groups is 1. The molecule has 0 aliphatic heterocycles. The number of ether oxygens (including phenoxy) is 2. The van der Waals surface area contributed by atoms with E-state index in [9.17, 15) is 24.5 Å². The summed E-state index contributed by atoms with van der Waals surface area (Å²) in [5.74, 6) is -1.54. The fraction of sp³-hybridized carbons (Fsp3) is 0.156. The highest BCUT2D eigenvalue weighted by Crippen LogP contribution is 2.45. The van der Waals surface area contributed by atoms with Gasteiger partial charge in [0, 0.05) is 16.7 Å². The third kappa shape index (κ3) is 5.51. The number of carbonyl (C=O) groups is 1. The van der Waals surface area contributed by atoms with Gasteiger partial charge in [-0.05, 0) is 59.7 Å². The Bertz CT molecular complexity index is 1820. The first-order chi connectivity index (χ1) is 20.7. The van der Waals surface area contributed by atoms with E-state index in [-0.39, 0.29) is 52.0 Å². The molecular formula is C32H29FN4O6. The molecule has 0 fully saturated rings. The Labute approximate surface area is 245 Å². The van der Waals surface area contributed by atoms with Gasteiger partial charge in [-0.15, -0.1) is 0 Å². The smallest absolute Gasteiger partial charge is 0.321 e. The minimum atomic E-state index is -1.92. The van der Waals surface area contributed by atoms with Crippen LogP contribution in [0.2, 0.25) is 0 Å². The summed E-state index contributed by atoms with van der Waals surface area (Å²) >= 11 is 0. The molecule has 0 atom stereocenters. The number of nitrogen functional groups attached to an aromatic ring is 1. The van der Waals surface area contributed by atoms with Gasteiger partial charge in [0.05, 0.1) is 36.9 Å². The number of imidazole rings is 1. The summed E-state index contributed by atoms with van der Waals surface area (Å²) < 4.78 is 25.9. The first kappa shape index (κ1) is 29.2. The molecule has 0 spiro atoms. The summed E-state index contributed by atoms with van der Waals surface area (Å²) in [7, 11) is 1.13. The molecule has 11 heteroatoms. The Hall–Kier alpha value is -5.26. The average molecular weight is 585 g/mol. The van der Waals surface area contributed by atoms with Crippen LogP contribution in [0.4, 0.5) is 4.39 Å². The SMILES string of the molecule is COC(=O)C(CO)(CO)c1cc(-c2nc3cc(C(=N)N)ccc3[nH]2)c(OCc2ccccc2)c(-c2cc(F)ccc2O)c1. The lowest BCUT2D eigenvalue weighted by atomic mass is 9.79. The second-order valence-corrected chi connectivity index (χ2v) is 9.96. The van der Waals surface area contributed by atoms with Gasteiger partial charge in [-0.3, -0.25) is 10.2 Å². The number of nitrogens with one attached hydrogen (secondary N) is 2. The highest BCUT2D eigenvalue weighted by Gasteiger charge is 2.42. The van der Waals surface area contributed by atoms with E-state index in [2.05, 4.69) is 4.98 Å². The second-order valence-electron chi connectivity index (χ2n) is 9.96. The highest BCUT2D eigenvalue weighted by molar-refractivity contribution is 5.98. The van der Waals surface area contributed by atoms with Gasteiger partial charge in [0.15, 0.2) is 0 Å². The number of aromatic amines is 1. The van der Waals surface area contributed by atoms with E-state index in [1.54, 1.807) is 18.2 Å². The molecule has 0 bridgehead atoms. The Morgan fingerprint density at radius 3 is 2.40 bits per heavy atom. The predicted molar refractivity (Wildman–Crippen MR) is 158 cm³/mol. The van der Waals surface area contributed by atoms with Crippen molar-refractivity contribution >= 4 is 22.8 Å². The maximum Gasteiger partial charge on any atom is 0.321 e. The van der Waals surface area contributed by atoms with E-state index in [0.29, 0.717) is 16.6 Å². The van der Waals surface area contributed by atoms with Gasteiger partial charge in [-0.2, -0.15) is 0 Å². The number of rotatable bonds is 10. The van der Waals surface area contributed by atoms with E-state index < -0.39 is 30.4 Å². The van der Waals surface area contributed by atoms with E-state index in [1.165, 1.54) is 18.2 Å². The Morgan fingerprint density at radius 1 is 1.00 bits per heavy atom. The molecule has 1 heterocycles. The van der Waals surface area contributed by atoms with Crippen molar-refractivity contribution in [2.45, 2.75) is 12.0 Å². The van der Waals surface area contributed by atoms with Gasteiger partial charge in [-0.25, -0.2) is 9.37 Å². The number of H-pyrrole nitrogens is 1. The number of aromatic nitrogens is 2. The van der Waals surface area contributed by atoms with Crippen LogP contribution in [0.5, 0.6) is 11.5 Å². The molecular weight excluding hydrogens is 555 g/mol. The zero-order valence-electron chi connectivity index (χ0n) is 23.1. The van der Waals surface area contributed by atoms with Crippen LogP contribution in [0.15, 0.2) is 78.9 Å². The number of fused-ring (bicyclic) bond motifs is 1. The maximum atomic E-state index is 14.6. The van der Waals surface area contributed by atoms with Crippen molar-refractivity contribution in [1.82, 2.24) is 9.97 Å². The summed E-state index contributed by atoms with van der Waals surface area (Å²) in [5.41, 5.74) is 6.68. The number of hydrogen-bond donors (Lipinski definition) is 6. The normalized spacial score (nSPS) is 11.4. The van der Waals surface area contributed by atoms with Crippen LogP contribution in [-0.2, 0) is 21.6 Å². The standard InChI is InChI=1S/C32H29FN4O6/c1-42-31(41)32(16-38,17-39)20-12-23(22-14-21(33)8-10-27(22)40)28(43-15-18-5-3-2-4-6-18)24(13-20)30-36-25-9-7-19(29(34)35)11-26(25)37-30/h2-14,38-40H,15-17H2,1H3,(H3,34,35)(H,36,37). The number of benzene rings is 4. The van der Waals surface area contributed by atoms with Crippen LogP contribution in [0.1, 0.15) is 16.7 Å². The quantitative estimate of drug-likeness (QED) is 0.0811. The Balaban J connectivity index is 1.84. The van der Waals surface area contributed by atoms with Crippen molar-refractivity contribution in [1.29, 1.82) is 5.41 Å². The van der Waals surface area contributed by atoms with Crippen LogP contribution in [0, 0.1) is 11.2 Å². The number of aliphatic hydroxyl groups excluding tert-OH is 2. The number of aromatic hydroxyl groups is 1. The monoisotopic (exact) mass is 584 g/mol. The molecule has 0 aliphatic rings. The molecule has 0 saturated heterocycles. The van der Waals surface area contributed by atoms with E-state index in [0.717, 1.165) is 24.8 Å². The average Bonchev–Trinajstić information content (AvgIpc) is 3.46. The molecule has 5 rings (SSSR count). The molecule has 5 aromatic rings. The minimum absolute atomic E-state index is 0.0378. The molecule has 0 unspecified atom stereocenters. The van der Waals surface area contributed by atoms with Crippen LogP contribution in [0.25, 0.3) is 33.5 Å². The summed E-state index contributed by atoms with van der Waals surface area (Å²) in [6.45, 7) is -1.57. The summed E-state index contributed by atoms with van der Waals surface area (Å²) in [5, 5.41) is 39.5. The van der Waals surface area contributed by atoms with Gasteiger partial charge in [-0.1, -0.05) is 30.3 Å². The van der Waals surface area contributed by atoms with E-state index in [4.69, 9.17) is 25.6 Å². The molecule has 220 valence electrons. The summed E-state index contributed by atoms with van der Waals surface area (Å²) in [6, 6.07) is 20.6.